The highest BCUT2D eigenvalue weighted by atomic mass is 35.5. The molecule has 1 aromatic carbocycles. The summed E-state index contributed by atoms with van der Waals surface area (Å²) in [6.45, 7) is 3.12. The van der Waals surface area contributed by atoms with Crippen molar-refractivity contribution in [2.45, 2.75) is 38.2 Å². The Labute approximate surface area is 159 Å². The van der Waals surface area contributed by atoms with E-state index in [0.29, 0.717) is 12.3 Å². The number of amides is 1. The number of nitrogens with zero attached hydrogens (tertiary/aromatic N) is 1. The molecule has 2 heterocycles. The number of anilines is 1. The Hall–Kier alpha value is -1.78. The maximum Gasteiger partial charge on any atom is 0.224 e. The molecule has 1 unspecified atom stereocenters. The minimum atomic E-state index is 0.0998. The number of hydrogen-bond acceptors (Lipinski definition) is 3. The first-order chi connectivity index (χ1) is 12.7. The fourth-order valence-corrected chi connectivity index (χ4v) is 4.15. The van der Waals surface area contributed by atoms with Gasteiger partial charge in [-0.1, -0.05) is 23.8 Å². The van der Waals surface area contributed by atoms with Crippen LogP contribution in [-0.4, -0.2) is 36.5 Å². The molecule has 1 N–H and O–H groups in total. The molecule has 3 aliphatic rings. The zero-order valence-corrected chi connectivity index (χ0v) is 15.7. The minimum Gasteiger partial charge on any atom is -0.488 e. The summed E-state index contributed by atoms with van der Waals surface area (Å²) in [6, 6.07) is 5.99. The fraction of sp³-hybridized carbons (Fsp3) is 0.476. The number of nitrogens with one attached hydrogen (secondary N) is 1. The first kappa shape index (κ1) is 17.6. The Kier molecular flexibility index (Phi) is 5.32. The van der Waals surface area contributed by atoms with E-state index in [1.54, 1.807) is 0 Å². The van der Waals surface area contributed by atoms with Crippen molar-refractivity contribution in [1.82, 2.24) is 4.90 Å². The van der Waals surface area contributed by atoms with Gasteiger partial charge in [0.15, 0.2) is 0 Å². The number of ether oxygens (including phenoxy) is 1. The van der Waals surface area contributed by atoms with Gasteiger partial charge in [-0.3, -0.25) is 9.69 Å². The third-order valence-electron chi connectivity index (χ3n) is 5.36. The van der Waals surface area contributed by atoms with Crippen molar-refractivity contribution >= 4 is 23.2 Å². The summed E-state index contributed by atoms with van der Waals surface area (Å²) >= 11 is 6.07. The molecule has 1 fully saturated rings. The van der Waals surface area contributed by atoms with Crippen LogP contribution < -0.4 is 10.1 Å². The molecule has 0 radical (unpaired) electrons. The van der Waals surface area contributed by atoms with Gasteiger partial charge in [-0.2, -0.15) is 0 Å². The third-order valence-corrected chi connectivity index (χ3v) is 5.61. The molecule has 138 valence electrons. The lowest BCUT2D eigenvalue weighted by atomic mass is 9.95. The number of hydrogen-bond donors (Lipinski definition) is 1. The van der Waals surface area contributed by atoms with Crippen LogP contribution in [0.1, 0.15) is 31.2 Å². The molecule has 1 aliphatic carbocycles. The van der Waals surface area contributed by atoms with E-state index in [1.165, 1.54) is 18.4 Å². The minimum absolute atomic E-state index is 0.0998. The number of allylic oxidation sites excluding steroid dienone is 4. The van der Waals surface area contributed by atoms with Crippen LogP contribution in [-0.2, 0) is 11.2 Å². The van der Waals surface area contributed by atoms with E-state index in [1.807, 2.05) is 18.2 Å². The lowest BCUT2D eigenvalue weighted by molar-refractivity contribution is -0.116. The summed E-state index contributed by atoms with van der Waals surface area (Å²) in [5.41, 5.74) is 2.10. The number of halogens is 1. The Morgan fingerprint density at radius 2 is 2.15 bits per heavy atom. The van der Waals surface area contributed by atoms with Crippen LogP contribution in [0.2, 0.25) is 0 Å². The van der Waals surface area contributed by atoms with Gasteiger partial charge in [0.1, 0.15) is 11.9 Å². The first-order valence-electron chi connectivity index (χ1n) is 9.51. The maximum atomic E-state index is 11.4. The molecule has 1 amide bonds. The van der Waals surface area contributed by atoms with Crippen molar-refractivity contribution in [2.75, 3.05) is 25.0 Å². The molecule has 0 spiro atoms. The van der Waals surface area contributed by atoms with E-state index in [4.69, 9.17) is 16.3 Å². The van der Waals surface area contributed by atoms with Crippen molar-refractivity contribution in [2.24, 2.45) is 5.92 Å². The molecule has 4 rings (SSSR count). The van der Waals surface area contributed by atoms with Crippen LogP contribution in [0, 0.1) is 5.92 Å². The van der Waals surface area contributed by atoms with Gasteiger partial charge in [0, 0.05) is 30.2 Å². The van der Waals surface area contributed by atoms with Crippen LogP contribution >= 0.6 is 11.6 Å². The van der Waals surface area contributed by atoms with Gasteiger partial charge in [0.25, 0.3) is 0 Å². The van der Waals surface area contributed by atoms with Crippen molar-refractivity contribution in [3.63, 3.8) is 0 Å². The average molecular weight is 373 g/mol. The molecule has 1 aromatic rings. The largest absolute Gasteiger partial charge is 0.488 e. The summed E-state index contributed by atoms with van der Waals surface area (Å²) in [5.74, 6) is 1.61. The molecular weight excluding hydrogens is 348 g/mol. The Morgan fingerprint density at radius 1 is 1.27 bits per heavy atom. The molecule has 4 nitrogen and oxygen atoms in total. The first-order valence-corrected chi connectivity index (χ1v) is 9.89. The van der Waals surface area contributed by atoms with Gasteiger partial charge in [-0.25, -0.2) is 0 Å². The monoisotopic (exact) mass is 372 g/mol. The van der Waals surface area contributed by atoms with Crippen molar-refractivity contribution in [3.8, 4) is 5.75 Å². The van der Waals surface area contributed by atoms with Gasteiger partial charge < -0.3 is 10.1 Å². The highest BCUT2D eigenvalue weighted by Gasteiger charge is 2.28. The standard InChI is InChI=1S/C21H25ClN2O2/c22-17-5-1-3-15(11-17)4-2-10-24-13-19(14-24)26-18-7-8-20-16(12-18)6-9-21(25)23-20/h1,5,7-8,11-12,15,19H,2-4,6,9-10,13-14H2,(H,23,25). The number of carbonyl (C=O) groups is 1. The predicted octanol–water partition coefficient (Wildman–Crippen LogP) is 4.11. The second kappa shape index (κ2) is 7.85. The quantitative estimate of drug-likeness (QED) is 0.816. The number of likely N-dealkylation sites (tertiary alicyclic amines) is 1. The van der Waals surface area contributed by atoms with Crippen molar-refractivity contribution < 1.29 is 9.53 Å². The van der Waals surface area contributed by atoms with Crippen LogP contribution in [0.25, 0.3) is 0 Å². The highest BCUT2D eigenvalue weighted by molar-refractivity contribution is 6.31. The number of carbonyl (C=O) groups excluding carboxylic acids is 1. The van der Waals surface area contributed by atoms with Gasteiger partial charge in [0.05, 0.1) is 0 Å². The summed E-state index contributed by atoms with van der Waals surface area (Å²) < 4.78 is 6.09. The summed E-state index contributed by atoms with van der Waals surface area (Å²) in [5, 5.41) is 3.79. The molecule has 26 heavy (non-hydrogen) atoms. The van der Waals surface area contributed by atoms with E-state index >= 15 is 0 Å². The summed E-state index contributed by atoms with van der Waals surface area (Å²) in [7, 11) is 0. The topological polar surface area (TPSA) is 41.6 Å². The predicted molar refractivity (Wildman–Crippen MR) is 105 cm³/mol. The van der Waals surface area contributed by atoms with Crippen molar-refractivity contribution in [1.29, 1.82) is 0 Å². The zero-order chi connectivity index (χ0) is 17.9. The molecule has 5 heteroatoms. The van der Waals surface area contributed by atoms with Crippen LogP contribution in [0.4, 0.5) is 5.69 Å². The number of rotatable bonds is 6. The molecule has 0 aromatic heterocycles. The molecule has 0 saturated carbocycles. The van der Waals surface area contributed by atoms with E-state index in [0.717, 1.165) is 48.9 Å². The molecular formula is C21H25ClN2O2. The molecule has 2 aliphatic heterocycles. The lowest BCUT2D eigenvalue weighted by Crippen LogP contribution is -2.53. The van der Waals surface area contributed by atoms with Crippen LogP contribution in [0.15, 0.2) is 41.5 Å². The Balaban J connectivity index is 1.17. The summed E-state index contributed by atoms with van der Waals surface area (Å²) in [6.07, 6.45) is 11.5. The van der Waals surface area contributed by atoms with Crippen LogP contribution in [0.5, 0.6) is 5.75 Å². The van der Waals surface area contributed by atoms with E-state index in [-0.39, 0.29) is 12.0 Å². The Morgan fingerprint density at radius 3 is 3.00 bits per heavy atom. The second-order valence-electron chi connectivity index (χ2n) is 7.46. The fourth-order valence-electron chi connectivity index (χ4n) is 3.89. The van der Waals surface area contributed by atoms with E-state index < -0.39 is 0 Å². The molecule has 1 atom stereocenters. The second-order valence-corrected chi connectivity index (χ2v) is 7.89. The smallest absolute Gasteiger partial charge is 0.224 e. The van der Waals surface area contributed by atoms with Gasteiger partial charge in [0.2, 0.25) is 5.91 Å². The number of benzene rings is 1. The van der Waals surface area contributed by atoms with Gasteiger partial charge >= 0.3 is 0 Å². The molecule has 1 saturated heterocycles. The average Bonchev–Trinajstić information content (AvgIpc) is 2.59. The SMILES string of the molecule is O=C1CCc2cc(OC3CN(CCCC4C=C(Cl)C=CC4)C3)ccc2N1. The van der Waals surface area contributed by atoms with E-state index in [9.17, 15) is 4.79 Å². The number of fused-ring (bicyclic) bond motifs is 1. The van der Waals surface area contributed by atoms with Crippen molar-refractivity contribution in [3.05, 3.63) is 47.0 Å². The van der Waals surface area contributed by atoms with E-state index in [2.05, 4.69) is 28.4 Å². The van der Waals surface area contributed by atoms with Gasteiger partial charge in [-0.05, 0) is 68.0 Å². The normalized spacial score (nSPS) is 23.0. The molecule has 0 bridgehead atoms. The van der Waals surface area contributed by atoms with Crippen LogP contribution in [0.3, 0.4) is 0 Å². The highest BCUT2D eigenvalue weighted by Crippen LogP contribution is 2.28. The third kappa shape index (κ3) is 4.30. The lowest BCUT2D eigenvalue weighted by Gasteiger charge is -2.39. The maximum absolute atomic E-state index is 11.4. The zero-order valence-electron chi connectivity index (χ0n) is 14.9. The van der Waals surface area contributed by atoms with Gasteiger partial charge in [-0.15, -0.1) is 0 Å². The number of aryl methyl sites for hydroxylation is 1. The Bertz CT molecular complexity index is 738. The summed E-state index contributed by atoms with van der Waals surface area (Å²) in [4.78, 5) is 13.9.